The average molecular weight is 357 g/mol. The summed E-state index contributed by atoms with van der Waals surface area (Å²) in [5.41, 5.74) is 1.81. The second kappa shape index (κ2) is 8.86. The molecule has 0 N–H and O–H groups in total. The van der Waals surface area contributed by atoms with E-state index in [2.05, 4.69) is 6.07 Å². The summed E-state index contributed by atoms with van der Waals surface area (Å²) in [7, 11) is 1.27. The second-order valence-electron chi connectivity index (χ2n) is 5.26. The first-order valence-electron chi connectivity index (χ1n) is 7.66. The quantitative estimate of drug-likeness (QED) is 0.741. The first-order chi connectivity index (χ1) is 12.1. The molecule has 0 heterocycles. The van der Waals surface area contributed by atoms with Gasteiger partial charge in [0.25, 0.3) is 5.91 Å². The zero-order valence-corrected chi connectivity index (χ0v) is 14.5. The molecule has 0 aliphatic heterocycles. The highest BCUT2D eigenvalue weighted by Gasteiger charge is 2.23. The van der Waals surface area contributed by atoms with Crippen LogP contribution < -0.4 is 4.90 Å². The molecule has 5 nitrogen and oxygen atoms in total. The number of benzene rings is 2. The smallest absolute Gasteiger partial charge is 0.325 e. The normalized spacial score (nSPS) is 9.96. The van der Waals surface area contributed by atoms with Crippen LogP contribution >= 0.6 is 11.6 Å². The van der Waals surface area contributed by atoms with Crippen LogP contribution in [-0.4, -0.2) is 25.5 Å². The molecule has 1 amide bonds. The summed E-state index contributed by atoms with van der Waals surface area (Å²) < 4.78 is 4.72. The first kappa shape index (κ1) is 18.5. The molecule has 0 bridgehead atoms. The zero-order chi connectivity index (χ0) is 18.2. The molecule has 0 atom stereocenters. The summed E-state index contributed by atoms with van der Waals surface area (Å²) >= 11 is 5.87. The van der Waals surface area contributed by atoms with Crippen molar-refractivity contribution in [3.05, 3.63) is 64.7 Å². The molecule has 2 aromatic rings. The van der Waals surface area contributed by atoms with E-state index in [0.717, 1.165) is 5.56 Å². The Morgan fingerprint density at radius 1 is 1.16 bits per heavy atom. The second-order valence-corrected chi connectivity index (χ2v) is 5.70. The number of rotatable bonds is 6. The van der Waals surface area contributed by atoms with Crippen molar-refractivity contribution in [1.29, 1.82) is 5.26 Å². The van der Waals surface area contributed by atoms with E-state index in [0.29, 0.717) is 29.1 Å². The van der Waals surface area contributed by atoms with E-state index in [9.17, 15) is 9.59 Å². The Balaban J connectivity index is 2.43. The summed E-state index contributed by atoms with van der Waals surface area (Å²) in [4.78, 5) is 26.1. The number of hydrogen-bond donors (Lipinski definition) is 0. The molecule has 0 aromatic heterocycles. The molecule has 0 aliphatic carbocycles. The van der Waals surface area contributed by atoms with E-state index in [1.54, 1.807) is 36.4 Å². The van der Waals surface area contributed by atoms with Gasteiger partial charge in [-0.1, -0.05) is 29.8 Å². The number of esters is 1. The van der Waals surface area contributed by atoms with E-state index in [-0.39, 0.29) is 12.5 Å². The number of nitriles is 1. The fourth-order valence-electron chi connectivity index (χ4n) is 2.38. The number of aryl methyl sites for hydroxylation is 1. The van der Waals surface area contributed by atoms with Gasteiger partial charge in [-0.2, -0.15) is 5.26 Å². The van der Waals surface area contributed by atoms with Crippen molar-refractivity contribution in [3.63, 3.8) is 0 Å². The van der Waals surface area contributed by atoms with Crippen molar-refractivity contribution in [3.8, 4) is 6.07 Å². The van der Waals surface area contributed by atoms with Crippen molar-refractivity contribution in [1.82, 2.24) is 0 Å². The van der Waals surface area contributed by atoms with Crippen LogP contribution in [-0.2, 0) is 16.0 Å². The van der Waals surface area contributed by atoms with Gasteiger partial charge in [-0.25, -0.2) is 0 Å². The summed E-state index contributed by atoms with van der Waals surface area (Å²) in [6.07, 6.45) is 0.802. The maximum Gasteiger partial charge on any atom is 0.325 e. The predicted molar refractivity (Wildman–Crippen MR) is 95.5 cm³/mol. The minimum atomic E-state index is -0.530. The summed E-state index contributed by atoms with van der Waals surface area (Å²) in [6.45, 7) is -0.221. The maximum atomic E-state index is 12.9. The number of carbonyl (C=O) groups excluding carboxylic acids is 2. The van der Waals surface area contributed by atoms with Gasteiger partial charge in [0.1, 0.15) is 6.54 Å². The van der Waals surface area contributed by atoms with Gasteiger partial charge >= 0.3 is 5.97 Å². The van der Waals surface area contributed by atoms with Crippen molar-refractivity contribution in [2.45, 2.75) is 12.8 Å². The fraction of sp³-hybridized carbons (Fsp3) is 0.211. The summed E-state index contributed by atoms with van der Waals surface area (Å²) in [5.74, 6) is -0.871. The van der Waals surface area contributed by atoms with Gasteiger partial charge in [-0.3, -0.25) is 14.5 Å². The number of para-hydroxylation sites is 1. The third kappa shape index (κ3) is 4.82. The van der Waals surface area contributed by atoms with Crippen LogP contribution in [0.15, 0.2) is 48.5 Å². The lowest BCUT2D eigenvalue weighted by Crippen LogP contribution is -2.37. The average Bonchev–Trinajstić information content (AvgIpc) is 2.64. The lowest BCUT2D eigenvalue weighted by atomic mass is 10.1. The molecule has 0 unspecified atom stereocenters. The van der Waals surface area contributed by atoms with Crippen molar-refractivity contribution in [2.75, 3.05) is 18.6 Å². The van der Waals surface area contributed by atoms with E-state index in [1.165, 1.54) is 12.0 Å². The Labute approximate surface area is 151 Å². The van der Waals surface area contributed by atoms with Crippen molar-refractivity contribution in [2.24, 2.45) is 0 Å². The molecule has 0 saturated heterocycles. The van der Waals surface area contributed by atoms with E-state index < -0.39 is 5.97 Å². The van der Waals surface area contributed by atoms with Crippen molar-refractivity contribution >= 4 is 29.2 Å². The Morgan fingerprint density at radius 2 is 1.84 bits per heavy atom. The van der Waals surface area contributed by atoms with Crippen LogP contribution in [0.1, 0.15) is 22.3 Å². The number of anilines is 1. The number of amides is 1. The molecular formula is C19H17ClN2O3. The lowest BCUT2D eigenvalue weighted by Gasteiger charge is -2.24. The van der Waals surface area contributed by atoms with Gasteiger partial charge in [-0.15, -0.1) is 0 Å². The molecule has 128 valence electrons. The molecule has 6 heteroatoms. The van der Waals surface area contributed by atoms with E-state index in [1.807, 2.05) is 12.1 Å². The first-order valence-corrected chi connectivity index (χ1v) is 8.03. The monoisotopic (exact) mass is 356 g/mol. The fourth-order valence-corrected chi connectivity index (χ4v) is 2.51. The number of nitrogens with zero attached hydrogens (tertiary/aromatic N) is 2. The Morgan fingerprint density at radius 3 is 2.48 bits per heavy atom. The SMILES string of the molecule is COC(=O)CN(C(=O)c1ccc(Cl)cc1)c1ccccc1CCC#N. The number of hydrogen-bond acceptors (Lipinski definition) is 4. The molecule has 2 aromatic carbocycles. The van der Waals surface area contributed by atoms with Crippen LogP contribution in [0.5, 0.6) is 0 Å². The molecule has 0 radical (unpaired) electrons. The Kier molecular flexibility index (Phi) is 6.55. The van der Waals surface area contributed by atoms with Crippen LogP contribution in [0.4, 0.5) is 5.69 Å². The largest absolute Gasteiger partial charge is 0.468 e. The molecular weight excluding hydrogens is 340 g/mol. The molecule has 0 fully saturated rings. The third-order valence-electron chi connectivity index (χ3n) is 3.64. The standard InChI is InChI=1S/C19H17ClN2O3/c1-25-18(23)13-22(19(24)15-8-10-16(20)11-9-15)17-7-3-2-5-14(17)6-4-12-21/h2-3,5,7-11H,4,6,13H2,1H3. The highest BCUT2D eigenvalue weighted by molar-refractivity contribution is 6.30. The lowest BCUT2D eigenvalue weighted by molar-refractivity contribution is -0.138. The maximum absolute atomic E-state index is 12.9. The van der Waals surface area contributed by atoms with E-state index >= 15 is 0 Å². The number of ether oxygens (including phenoxy) is 1. The predicted octanol–water partition coefficient (Wildman–Crippen LogP) is 3.62. The van der Waals surface area contributed by atoms with Gasteiger partial charge in [0.05, 0.1) is 13.2 Å². The highest BCUT2D eigenvalue weighted by Crippen LogP contribution is 2.24. The van der Waals surface area contributed by atoms with Crippen LogP contribution in [0, 0.1) is 11.3 Å². The number of carbonyl (C=O) groups is 2. The summed E-state index contributed by atoms with van der Waals surface area (Å²) in [6, 6.07) is 15.7. The summed E-state index contributed by atoms with van der Waals surface area (Å²) in [5, 5.41) is 9.36. The molecule has 2 rings (SSSR count). The molecule has 0 spiro atoms. The highest BCUT2D eigenvalue weighted by atomic mass is 35.5. The number of halogens is 1. The van der Waals surface area contributed by atoms with Gasteiger partial charge in [-0.05, 0) is 42.3 Å². The van der Waals surface area contributed by atoms with Gasteiger partial charge in [0, 0.05) is 22.7 Å². The third-order valence-corrected chi connectivity index (χ3v) is 3.89. The minimum Gasteiger partial charge on any atom is -0.468 e. The van der Waals surface area contributed by atoms with Crippen LogP contribution in [0.3, 0.4) is 0 Å². The minimum absolute atomic E-state index is 0.221. The Hall–Kier alpha value is -2.84. The number of methoxy groups -OCH3 is 1. The van der Waals surface area contributed by atoms with Crippen molar-refractivity contribution < 1.29 is 14.3 Å². The van der Waals surface area contributed by atoms with Gasteiger partial charge < -0.3 is 4.74 Å². The van der Waals surface area contributed by atoms with E-state index in [4.69, 9.17) is 21.6 Å². The molecule has 0 saturated carbocycles. The van der Waals surface area contributed by atoms with Gasteiger partial charge in [0.15, 0.2) is 0 Å². The molecule has 25 heavy (non-hydrogen) atoms. The topological polar surface area (TPSA) is 70.4 Å². The van der Waals surface area contributed by atoms with Gasteiger partial charge in [0.2, 0.25) is 0 Å². The molecule has 0 aliphatic rings. The van der Waals surface area contributed by atoms with Crippen LogP contribution in [0.25, 0.3) is 0 Å². The van der Waals surface area contributed by atoms with Crippen LogP contribution in [0.2, 0.25) is 5.02 Å². The zero-order valence-electron chi connectivity index (χ0n) is 13.7. The Bertz CT molecular complexity index is 797.